The van der Waals surface area contributed by atoms with Crippen LogP contribution in [0.1, 0.15) is 19.8 Å². The standard InChI is InChI=1S/C19H30F2N4O2.HI/c1-14(27-17-6-4-16(26-3)5-7-17)12-23-19(22-2)24-15-8-10-25(11-9-15)13-18(20)21;/h4-7,14-15,18H,8-13H2,1-3H3,(H2,22,23,24);1H. The Bertz CT molecular complexity index is 582. The number of hydrogen-bond acceptors (Lipinski definition) is 4. The van der Waals surface area contributed by atoms with Crippen molar-refractivity contribution in [3.63, 3.8) is 0 Å². The van der Waals surface area contributed by atoms with Crippen molar-refractivity contribution in [3.05, 3.63) is 24.3 Å². The highest BCUT2D eigenvalue weighted by molar-refractivity contribution is 14.0. The van der Waals surface area contributed by atoms with Crippen molar-refractivity contribution in [3.8, 4) is 11.5 Å². The van der Waals surface area contributed by atoms with Gasteiger partial charge in [-0.25, -0.2) is 8.78 Å². The van der Waals surface area contributed by atoms with Crippen LogP contribution in [0.25, 0.3) is 0 Å². The number of halogens is 3. The molecule has 0 spiro atoms. The van der Waals surface area contributed by atoms with Crippen LogP contribution >= 0.6 is 24.0 Å². The van der Waals surface area contributed by atoms with Crippen molar-refractivity contribution >= 4 is 29.9 Å². The van der Waals surface area contributed by atoms with Gasteiger partial charge in [-0.1, -0.05) is 0 Å². The number of aliphatic imine (C=N–C) groups is 1. The zero-order chi connectivity index (χ0) is 19.6. The largest absolute Gasteiger partial charge is 0.497 e. The fraction of sp³-hybridized carbons (Fsp3) is 0.632. The van der Waals surface area contributed by atoms with E-state index in [0.717, 1.165) is 24.3 Å². The zero-order valence-electron chi connectivity index (χ0n) is 16.7. The molecule has 160 valence electrons. The molecular weight excluding hydrogens is 481 g/mol. The van der Waals surface area contributed by atoms with Gasteiger partial charge in [0.2, 0.25) is 0 Å². The molecule has 0 amide bonds. The molecule has 2 rings (SSSR count). The predicted octanol–water partition coefficient (Wildman–Crippen LogP) is 2.98. The summed E-state index contributed by atoms with van der Waals surface area (Å²) < 4.78 is 35.9. The molecular formula is C19H31F2IN4O2. The van der Waals surface area contributed by atoms with E-state index < -0.39 is 6.43 Å². The number of nitrogens with zero attached hydrogens (tertiary/aromatic N) is 2. The van der Waals surface area contributed by atoms with E-state index in [9.17, 15) is 8.78 Å². The molecule has 1 aliphatic rings. The molecule has 1 unspecified atom stereocenters. The molecule has 1 atom stereocenters. The number of likely N-dealkylation sites (tertiary alicyclic amines) is 1. The molecule has 1 aromatic carbocycles. The summed E-state index contributed by atoms with van der Waals surface area (Å²) in [6.07, 6.45) is -0.669. The first kappa shape index (κ1) is 24.7. The summed E-state index contributed by atoms with van der Waals surface area (Å²) in [7, 11) is 3.35. The summed E-state index contributed by atoms with van der Waals surface area (Å²) in [5, 5.41) is 6.62. The van der Waals surface area contributed by atoms with Gasteiger partial charge in [-0.2, -0.15) is 0 Å². The van der Waals surface area contributed by atoms with Crippen LogP contribution in [0.3, 0.4) is 0 Å². The van der Waals surface area contributed by atoms with Gasteiger partial charge in [0.1, 0.15) is 17.6 Å². The monoisotopic (exact) mass is 512 g/mol. The number of alkyl halides is 2. The normalized spacial score (nSPS) is 17.0. The lowest BCUT2D eigenvalue weighted by Crippen LogP contribution is -2.50. The van der Waals surface area contributed by atoms with E-state index in [1.807, 2.05) is 36.1 Å². The molecule has 6 nitrogen and oxygen atoms in total. The van der Waals surface area contributed by atoms with Crippen LogP contribution in [0.5, 0.6) is 11.5 Å². The van der Waals surface area contributed by atoms with Crippen molar-refractivity contribution in [1.29, 1.82) is 0 Å². The second kappa shape index (κ2) is 13.0. The second-order valence-electron chi connectivity index (χ2n) is 6.67. The molecule has 1 fully saturated rings. The van der Waals surface area contributed by atoms with Crippen molar-refractivity contribution in [1.82, 2.24) is 15.5 Å². The van der Waals surface area contributed by atoms with Crippen LogP contribution in [0.15, 0.2) is 29.3 Å². The third-order valence-corrected chi connectivity index (χ3v) is 4.50. The number of nitrogens with one attached hydrogen (secondary N) is 2. The van der Waals surface area contributed by atoms with Gasteiger partial charge in [-0.15, -0.1) is 24.0 Å². The second-order valence-corrected chi connectivity index (χ2v) is 6.67. The highest BCUT2D eigenvalue weighted by Crippen LogP contribution is 2.18. The Morgan fingerprint density at radius 1 is 1.21 bits per heavy atom. The van der Waals surface area contributed by atoms with Crippen LogP contribution in [0.4, 0.5) is 8.78 Å². The molecule has 1 saturated heterocycles. The van der Waals surface area contributed by atoms with Crippen LogP contribution in [-0.2, 0) is 0 Å². The summed E-state index contributed by atoms with van der Waals surface area (Å²) in [4.78, 5) is 6.05. The highest BCUT2D eigenvalue weighted by atomic mass is 127. The van der Waals surface area contributed by atoms with Crippen molar-refractivity contribution in [2.45, 2.75) is 38.3 Å². The lowest BCUT2D eigenvalue weighted by molar-refractivity contribution is 0.0744. The highest BCUT2D eigenvalue weighted by Gasteiger charge is 2.22. The Morgan fingerprint density at radius 3 is 2.36 bits per heavy atom. The quantitative estimate of drug-likeness (QED) is 0.319. The topological polar surface area (TPSA) is 58.1 Å². The zero-order valence-corrected chi connectivity index (χ0v) is 19.0. The molecule has 9 heteroatoms. The van der Waals surface area contributed by atoms with Gasteiger partial charge in [0.15, 0.2) is 5.96 Å². The molecule has 28 heavy (non-hydrogen) atoms. The van der Waals surface area contributed by atoms with E-state index in [1.54, 1.807) is 14.2 Å². The molecule has 1 heterocycles. The Labute approximate surface area is 183 Å². The fourth-order valence-electron chi connectivity index (χ4n) is 3.01. The Hall–Kier alpha value is -1.36. The van der Waals surface area contributed by atoms with Gasteiger partial charge in [0.05, 0.1) is 20.2 Å². The number of ether oxygens (including phenoxy) is 2. The van der Waals surface area contributed by atoms with E-state index in [1.165, 1.54) is 0 Å². The maximum Gasteiger partial charge on any atom is 0.251 e. The first-order valence-corrected chi connectivity index (χ1v) is 9.28. The van der Waals surface area contributed by atoms with Gasteiger partial charge in [-0.3, -0.25) is 9.89 Å². The molecule has 1 aliphatic heterocycles. The lowest BCUT2D eigenvalue weighted by Gasteiger charge is -2.32. The van der Waals surface area contributed by atoms with Crippen molar-refractivity contribution in [2.75, 3.05) is 40.3 Å². The van der Waals surface area contributed by atoms with E-state index in [0.29, 0.717) is 25.6 Å². The van der Waals surface area contributed by atoms with Crippen LogP contribution < -0.4 is 20.1 Å². The number of hydrogen-bond donors (Lipinski definition) is 2. The summed E-state index contributed by atoms with van der Waals surface area (Å²) in [6, 6.07) is 7.70. The van der Waals surface area contributed by atoms with Crippen molar-refractivity contribution in [2.24, 2.45) is 4.99 Å². The third-order valence-electron chi connectivity index (χ3n) is 4.50. The first-order valence-electron chi connectivity index (χ1n) is 9.28. The smallest absolute Gasteiger partial charge is 0.251 e. The van der Waals surface area contributed by atoms with Gasteiger partial charge in [-0.05, 0) is 44.0 Å². The van der Waals surface area contributed by atoms with Crippen LogP contribution in [0.2, 0.25) is 0 Å². The Balaban J connectivity index is 0.00000392. The first-order chi connectivity index (χ1) is 13.0. The number of rotatable bonds is 8. The maximum absolute atomic E-state index is 12.4. The van der Waals surface area contributed by atoms with Gasteiger partial charge in [0, 0.05) is 26.2 Å². The Kier molecular flexibility index (Phi) is 11.4. The average molecular weight is 512 g/mol. The number of guanidine groups is 1. The van der Waals surface area contributed by atoms with E-state index in [-0.39, 0.29) is 42.7 Å². The molecule has 0 aliphatic carbocycles. The minimum absolute atomic E-state index is 0. The Morgan fingerprint density at radius 2 is 1.82 bits per heavy atom. The molecule has 1 aromatic rings. The molecule has 2 N–H and O–H groups in total. The molecule has 0 radical (unpaired) electrons. The predicted molar refractivity (Wildman–Crippen MR) is 118 cm³/mol. The number of piperidine rings is 1. The third kappa shape index (κ3) is 8.76. The van der Waals surface area contributed by atoms with Gasteiger partial charge in [0.25, 0.3) is 6.43 Å². The minimum Gasteiger partial charge on any atom is -0.497 e. The SMILES string of the molecule is CN=C(NCC(C)Oc1ccc(OC)cc1)NC1CCN(CC(F)F)CC1.I. The molecule has 0 saturated carbocycles. The fourth-order valence-corrected chi connectivity index (χ4v) is 3.01. The summed E-state index contributed by atoms with van der Waals surface area (Å²) in [6.45, 7) is 3.79. The molecule has 0 aromatic heterocycles. The van der Waals surface area contributed by atoms with Crippen molar-refractivity contribution < 1.29 is 18.3 Å². The van der Waals surface area contributed by atoms with Crippen LogP contribution in [-0.4, -0.2) is 69.8 Å². The number of benzene rings is 1. The minimum atomic E-state index is -2.27. The summed E-state index contributed by atoms with van der Waals surface area (Å²) in [5.74, 6) is 2.27. The molecule has 0 bridgehead atoms. The lowest BCUT2D eigenvalue weighted by atomic mass is 10.1. The summed E-state index contributed by atoms with van der Waals surface area (Å²) in [5.41, 5.74) is 0. The van der Waals surface area contributed by atoms with Crippen LogP contribution in [0, 0.1) is 0 Å². The maximum atomic E-state index is 12.4. The average Bonchev–Trinajstić information content (AvgIpc) is 2.66. The van der Waals surface area contributed by atoms with E-state index in [4.69, 9.17) is 9.47 Å². The summed E-state index contributed by atoms with van der Waals surface area (Å²) >= 11 is 0. The van der Waals surface area contributed by atoms with E-state index >= 15 is 0 Å². The van der Waals surface area contributed by atoms with Gasteiger partial charge < -0.3 is 20.1 Å². The van der Waals surface area contributed by atoms with E-state index in [2.05, 4.69) is 15.6 Å². The number of methoxy groups -OCH3 is 1. The van der Waals surface area contributed by atoms with Gasteiger partial charge >= 0.3 is 0 Å².